The first kappa shape index (κ1) is 19.7. The van der Waals surface area contributed by atoms with Crippen LogP contribution in [0.4, 0.5) is 0 Å². The molecule has 2 N–H and O–H groups in total. The van der Waals surface area contributed by atoms with Gasteiger partial charge in [-0.05, 0) is 12.2 Å². The van der Waals surface area contributed by atoms with E-state index in [4.69, 9.17) is 9.66 Å². The Labute approximate surface area is 106 Å². The summed E-state index contributed by atoms with van der Waals surface area (Å²) in [5.74, 6) is -0.935. The zero-order valence-corrected chi connectivity index (χ0v) is 11.3. The molecule has 0 radical (unpaired) electrons. The predicted molar refractivity (Wildman–Crippen MR) is 48.8 cm³/mol. The zero-order chi connectivity index (χ0) is 11.2. The summed E-state index contributed by atoms with van der Waals surface area (Å²) in [7, 11) is -3.85. The minimum atomic E-state index is -3.85. The van der Waals surface area contributed by atoms with E-state index in [1.165, 1.54) is 13.8 Å². The van der Waals surface area contributed by atoms with E-state index >= 15 is 0 Å². The number of carboxylic acid groups (broad SMARTS) is 1. The topological polar surface area (TPSA) is 91.7 Å². The van der Waals surface area contributed by atoms with Crippen LogP contribution in [0.5, 0.6) is 0 Å². The second-order valence-corrected chi connectivity index (χ2v) is 4.25. The van der Waals surface area contributed by atoms with Gasteiger partial charge in [0, 0.05) is 5.57 Å². The van der Waals surface area contributed by atoms with Crippen molar-refractivity contribution in [3.8, 4) is 0 Å². The summed E-state index contributed by atoms with van der Waals surface area (Å²) in [6.07, 6.45) is 0. The molecule has 1 atom stereocenters. The molecule has 0 aromatic rings. The van der Waals surface area contributed by atoms with Crippen LogP contribution < -0.4 is 29.6 Å². The molecule has 0 aliphatic carbocycles. The number of hydrogen-bond acceptors (Lipinski definition) is 3. The molecule has 0 saturated carbocycles. The van der Waals surface area contributed by atoms with Crippen molar-refractivity contribution in [2.24, 2.45) is 0 Å². The summed E-state index contributed by atoms with van der Waals surface area (Å²) >= 11 is 0. The maximum Gasteiger partial charge on any atom is 1.00 e. The van der Waals surface area contributed by atoms with E-state index in [2.05, 4.69) is 13.5 Å². The molecule has 0 aliphatic heterocycles. The van der Waals surface area contributed by atoms with Gasteiger partial charge in [0.25, 0.3) is 0 Å². The van der Waals surface area contributed by atoms with Gasteiger partial charge in [-0.3, -0.25) is 4.55 Å². The largest absolute Gasteiger partial charge is 1.00 e. The van der Waals surface area contributed by atoms with Crippen molar-refractivity contribution in [2.75, 3.05) is 0 Å². The third-order valence-corrected chi connectivity index (χ3v) is 1.89. The van der Waals surface area contributed by atoms with Gasteiger partial charge in [0.15, 0.2) is 0 Å². The molecular formula is C7H13NaO5S. The van der Waals surface area contributed by atoms with E-state index < -0.39 is 21.3 Å². The minimum absolute atomic E-state index is 0. The van der Waals surface area contributed by atoms with Gasteiger partial charge in [-0.1, -0.05) is 13.5 Å². The molecule has 0 spiro atoms. The first-order valence-corrected chi connectivity index (χ1v) is 4.77. The molecule has 78 valence electrons. The van der Waals surface area contributed by atoms with E-state index in [9.17, 15) is 13.2 Å². The summed E-state index contributed by atoms with van der Waals surface area (Å²) in [5.41, 5.74) is 0.176. The van der Waals surface area contributed by atoms with Crippen molar-refractivity contribution < 1.29 is 52.4 Å². The van der Waals surface area contributed by atoms with E-state index in [0.717, 1.165) is 0 Å². The van der Waals surface area contributed by atoms with Crippen LogP contribution in [0.1, 0.15) is 13.8 Å². The number of carboxylic acids is 1. The molecule has 0 aromatic carbocycles. The SMILES string of the molecule is C=C(C)C(=O)O.[CH2-]C(C)S(=O)(=O)O.[Na+]. The van der Waals surface area contributed by atoms with E-state index in [1.54, 1.807) is 0 Å². The summed E-state index contributed by atoms with van der Waals surface area (Å²) in [5, 5.41) is 6.97. The van der Waals surface area contributed by atoms with E-state index in [-0.39, 0.29) is 35.1 Å². The second kappa shape index (κ2) is 8.43. The maximum atomic E-state index is 9.82. The first-order chi connectivity index (χ1) is 5.59. The quantitative estimate of drug-likeness (QED) is 0.243. The monoisotopic (exact) mass is 232 g/mol. The van der Waals surface area contributed by atoms with E-state index in [1.807, 2.05) is 0 Å². The summed E-state index contributed by atoms with van der Waals surface area (Å²) in [4.78, 5) is 9.60. The predicted octanol–water partition coefficient (Wildman–Crippen LogP) is -2.25. The third kappa shape index (κ3) is 14.6. The van der Waals surface area contributed by atoms with Gasteiger partial charge in [0.1, 0.15) is 0 Å². The third-order valence-electron chi connectivity index (χ3n) is 0.874. The van der Waals surface area contributed by atoms with Crippen molar-refractivity contribution in [3.05, 3.63) is 19.1 Å². The fourth-order valence-electron chi connectivity index (χ4n) is 0. The van der Waals surface area contributed by atoms with Crippen LogP contribution in [0.3, 0.4) is 0 Å². The van der Waals surface area contributed by atoms with Crippen LogP contribution in [-0.2, 0) is 14.9 Å². The van der Waals surface area contributed by atoms with Crippen LogP contribution in [-0.4, -0.2) is 29.3 Å². The Bertz CT molecular complexity index is 268. The van der Waals surface area contributed by atoms with E-state index in [0.29, 0.717) is 0 Å². The number of rotatable bonds is 2. The first-order valence-electron chi connectivity index (χ1n) is 3.27. The van der Waals surface area contributed by atoms with Crippen LogP contribution >= 0.6 is 0 Å². The summed E-state index contributed by atoms with van der Waals surface area (Å²) in [6, 6.07) is 0. The van der Waals surface area contributed by atoms with Gasteiger partial charge in [-0.15, -0.1) is 0 Å². The molecular weight excluding hydrogens is 219 g/mol. The molecule has 0 heterocycles. The Morgan fingerprint density at radius 3 is 1.64 bits per heavy atom. The van der Waals surface area contributed by atoms with Crippen molar-refractivity contribution in [3.63, 3.8) is 0 Å². The van der Waals surface area contributed by atoms with Crippen molar-refractivity contribution in [2.45, 2.75) is 19.1 Å². The Kier molecular flexibility index (Phi) is 11.8. The van der Waals surface area contributed by atoms with Gasteiger partial charge < -0.3 is 12.0 Å². The summed E-state index contributed by atoms with van der Waals surface area (Å²) < 4.78 is 27.7. The fourth-order valence-corrected chi connectivity index (χ4v) is 0. The Morgan fingerprint density at radius 1 is 1.50 bits per heavy atom. The molecule has 14 heavy (non-hydrogen) atoms. The van der Waals surface area contributed by atoms with Crippen LogP contribution in [0.25, 0.3) is 0 Å². The molecule has 0 aromatic heterocycles. The average molecular weight is 232 g/mol. The van der Waals surface area contributed by atoms with Gasteiger partial charge >= 0.3 is 35.5 Å². The molecule has 0 saturated heterocycles. The molecule has 7 heteroatoms. The average Bonchev–Trinajstić information content (AvgIpc) is 1.86. The Hall–Kier alpha value is 0.120. The van der Waals surface area contributed by atoms with Crippen molar-refractivity contribution in [1.29, 1.82) is 0 Å². The summed E-state index contributed by atoms with van der Waals surface area (Å²) in [6.45, 7) is 8.97. The van der Waals surface area contributed by atoms with Crippen molar-refractivity contribution >= 4 is 16.1 Å². The standard InChI is InChI=1S/C4H6O2.C3H7O3S.Na/c1-3(2)4(5)6;1-3(2)7(4,5)6;/h1H2,2H3,(H,5,6);3H,1H2,2H3,(H,4,5,6);/q;-1;+1. The fraction of sp³-hybridized carbons (Fsp3) is 0.429. The number of carbonyl (C=O) groups is 1. The minimum Gasteiger partial charge on any atom is -0.478 e. The van der Waals surface area contributed by atoms with Crippen LogP contribution in [0.2, 0.25) is 0 Å². The Morgan fingerprint density at radius 2 is 1.64 bits per heavy atom. The van der Waals surface area contributed by atoms with Crippen LogP contribution in [0, 0.1) is 6.92 Å². The number of aliphatic carboxylic acids is 1. The molecule has 0 aliphatic rings. The molecule has 0 bridgehead atoms. The second-order valence-electron chi connectivity index (χ2n) is 2.41. The normalized spacial score (nSPS) is 11.4. The molecule has 0 amide bonds. The number of hydrogen-bond donors (Lipinski definition) is 2. The van der Waals surface area contributed by atoms with Gasteiger partial charge in [-0.2, -0.15) is 0 Å². The van der Waals surface area contributed by atoms with Crippen LogP contribution in [0.15, 0.2) is 12.2 Å². The van der Waals surface area contributed by atoms with Gasteiger partial charge in [0.2, 0.25) is 10.1 Å². The molecule has 0 fully saturated rings. The molecule has 0 rings (SSSR count). The zero-order valence-electron chi connectivity index (χ0n) is 8.52. The van der Waals surface area contributed by atoms with Gasteiger partial charge in [0.05, 0.1) is 0 Å². The van der Waals surface area contributed by atoms with Crippen molar-refractivity contribution in [1.82, 2.24) is 0 Å². The molecule has 5 nitrogen and oxygen atoms in total. The van der Waals surface area contributed by atoms with Gasteiger partial charge in [-0.25, -0.2) is 13.2 Å². The Balaban J connectivity index is -0.000000163. The maximum absolute atomic E-state index is 9.82. The smallest absolute Gasteiger partial charge is 0.478 e. The molecule has 1 unspecified atom stereocenters.